The summed E-state index contributed by atoms with van der Waals surface area (Å²) in [5, 5.41) is 0. The van der Waals surface area contributed by atoms with Crippen LogP contribution in [-0.2, 0) is 0 Å². The second-order valence-electron chi connectivity index (χ2n) is 15.7. The molecule has 9 atom stereocenters. The Morgan fingerprint density at radius 2 is 1.38 bits per heavy atom. The SMILES string of the molecule is C=C.C=C(C)CCC(C)C1CCC2C3C(C)C4(C)CCCC(C)(C4)C3CCC12C.C=C(CCC)CC(C)C.CC.CC. The molecule has 0 spiro atoms. The number of rotatable bonds is 8. The Morgan fingerprint density at radius 1 is 0.810 bits per heavy atom. The zero-order valence-corrected chi connectivity index (χ0v) is 31.6. The molecule has 0 N–H and O–H groups in total. The molecule has 4 aliphatic carbocycles. The quantitative estimate of drug-likeness (QED) is 0.249. The van der Waals surface area contributed by atoms with Crippen LogP contribution in [0.4, 0.5) is 0 Å². The molecule has 0 aromatic rings. The minimum atomic E-state index is 0.613. The first-order valence-corrected chi connectivity index (χ1v) is 18.6. The van der Waals surface area contributed by atoms with Crippen LogP contribution in [0, 0.1) is 57.7 Å². The predicted octanol–water partition coefficient (Wildman–Crippen LogP) is 14.5. The monoisotopic (exact) mass is 585 g/mol. The lowest BCUT2D eigenvalue weighted by Crippen LogP contribution is -2.58. The van der Waals surface area contributed by atoms with Crippen molar-refractivity contribution in [2.75, 3.05) is 0 Å². The zero-order chi connectivity index (χ0) is 32.9. The van der Waals surface area contributed by atoms with Crippen LogP contribution in [-0.4, -0.2) is 0 Å². The first kappa shape index (κ1) is 41.2. The van der Waals surface area contributed by atoms with Crippen LogP contribution in [0.25, 0.3) is 0 Å². The van der Waals surface area contributed by atoms with E-state index >= 15 is 0 Å². The summed E-state index contributed by atoms with van der Waals surface area (Å²) in [7, 11) is 0. The fourth-order valence-corrected chi connectivity index (χ4v) is 10.6. The zero-order valence-electron chi connectivity index (χ0n) is 31.6. The Morgan fingerprint density at radius 3 is 1.90 bits per heavy atom. The molecule has 0 aliphatic heterocycles. The van der Waals surface area contributed by atoms with Crippen LogP contribution in [0.2, 0.25) is 0 Å². The van der Waals surface area contributed by atoms with Crippen molar-refractivity contribution in [3.63, 3.8) is 0 Å². The van der Waals surface area contributed by atoms with E-state index in [4.69, 9.17) is 0 Å². The molecule has 248 valence electrons. The van der Waals surface area contributed by atoms with Gasteiger partial charge in [-0.15, -0.1) is 19.7 Å². The van der Waals surface area contributed by atoms with Crippen molar-refractivity contribution in [1.29, 1.82) is 0 Å². The molecule has 4 fully saturated rings. The number of allylic oxidation sites excluding steroid dienone is 2. The van der Waals surface area contributed by atoms with Gasteiger partial charge in [-0.25, -0.2) is 0 Å². The molecule has 0 heteroatoms. The third kappa shape index (κ3) is 9.86. The smallest absolute Gasteiger partial charge is 0.0264 e. The lowest BCUT2D eigenvalue weighted by molar-refractivity contribution is -0.168. The second-order valence-corrected chi connectivity index (χ2v) is 15.7. The number of fused-ring (bicyclic) bond motifs is 6. The van der Waals surface area contributed by atoms with Crippen LogP contribution in [0.5, 0.6) is 0 Å². The van der Waals surface area contributed by atoms with E-state index in [9.17, 15) is 0 Å². The van der Waals surface area contributed by atoms with Gasteiger partial charge in [-0.05, 0) is 135 Å². The Balaban J connectivity index is 0.000000950. The van der Waals surface area contributed by atoms with Crippen molar-refractivity contribution in [3.05, 3.63) is 37.5 Å². The molecule has 0 radical (unpaired) electrons. The number of hydrogen-bond acceptors (Lipinski definition) is 0. The summed E-state index contributed by atoms with van der Waals surface area (Å²) < 4.78 is 0. The van der Waals surface area contributed by atoms with Gasteiger partial charge in [0.2, 0.25) is 0 Å². The Hall–Kier alpha value is -0.780. The van der Waals surface area contributed by atoms with E-state index in [2.05, 4.69) is 88.6 Å². The minimum Gasteiger partial charge on any atom is -0.106 e. The molecule has 4 aliphatic rings. The van der Waals surface area contributed by atoms with Crippen LogP contribution in [0.1, 0.15) is 173 Å². The summed E-state index contributed by atoms with van der Waals surface area (Å²) in [4.78, 5) is 0. The Labute approximate surface area is 268 Å². The maximum atomic E-state index is 4.16. The molecule has 0 nitrogen and oxygen atoms in total. The Bertz CT molecular complexity index is 773. The van der Waals surface area contributed by atoms with E-state index in [0.717, 1.165) is 41.4 Å². The highest BCUT2D eigenvalue weighted by Crippen LogP contribution is 2.72. The van der Waals surface area contributed by atoms with Crippen LogP contribution >= 0.6 is 0 Å². The molecule has 0 aromatic heterocycles. The lowest BCUT2D eigenvalue weighted by Gasteiger charge is -2.66. The molecule has 4 rings (SSSR count). The van der Waals surface area contributed by atoms with Crippen LogP contribution in [0.15, 0.2) is 37.5 Å². The molecule has 0 aromatic carbocycles. The third-order valence-electron chi connectivity index (χ3n) is 12.3. The van der Waals surface area contributed by atoms with Gasteiger partial charge in [-0.1, -0.05) is 114 Å². The first-order chi connectivity index (χ1) is 19.8. The van der Waals surface area contributed by atoms with Gasteiger partial charge in [0.15, 0.2) is 0 Å². The molecule has 0 saturated heterocycles. The highest BCUT2D eigenvalue weighted by Gasteiger charge is 2.64. The van der Waals surface area contributed by atoms with Gasteiger partial charge in [0.1, 0.15) is 0 Å². The normalized spacial score (nSPS) is 36.5. The van der Waals surface area contributed by atoms with Gasteiger partial charge in [0.05, 0.1) is 0 Å². The fourth-order valence-electron chi connectivity index (χ4n) is 10.6. The Kier molecular flexibility index (Phi) is 18.5. The summed E-state index contributed by atoms with van der Waals surface area (Å²) in [5.41, 5.74) is 4.67. The minimum absolute atomic E-state index is 0.613. The van der Waals surface area contributed by atoms with E-state index in [0.29, 0.717) is 16.2 Å². The van der Waals surface area contributed by atoms with Crippen molar-refractivity contribution >= 4 is 0 Å². The van der Waals surface area contributed by atoms with Gasteiger partial charge in [-0.3, -0.25) is 0 Å². The van der Waals surface area contributed by atoms with E-state index in [1.54, 1.807) is 0 Å². The fraction of sp³-hybridized carbons (Fsp3) is 0.857. The highest BCUT2D eigenvalue weighted by molar-refractivity contribution is 5.13. The molecule has 0 amide bonds. The van der Waals surface area contributed by atoms with Gasteiger partial charge >= 0.3 is 0 Å². The maximum absolute atomic E-state index is 4.16. The van der Waals surface area contributed by atoms with E-state index in [1.807, 2.05) is 27.7 Å². The lowest BCUT2D eigenvalue weighted by atomic mass is 9.39. The average molecular weight is 585 g/mol. The van der Waals surface area contributed by atoms with Crippen molar-refractivity contribution in [1.82, 2.24) is 0 Å². The third-order valence-corrected chi connectivity index (χ3v) is 12.3. The molecule has 42 heavy (non-hydrogen) atoms. The molecule has 0 heterocycles. The van der Waals surface area contributed by atoms with Gasteiger partial charge in [-0.2, -0.15) is 0 Å². The summed E-state index contributed by atoms with van der Waals surface area (Å²) in [6.07, 6.45) is 18.3. The van der Waals surface area contributed by atoms with Crippen molar-refractivity contribution in [3.8, 4) is 0 Å². The van der Waals surface area contributed by atoms with E-state index < -0.39 is 0 Å². The summed E-state index contributed by atoms with van der Waals surface area (Å²) in [6.45, 7) is 44.4. The second kappa shape index (κ2) is 18.9. The summed E-state index contributed by atoms with van der Waals surface area (Å²) in [5.74, 6) is 6.57. The number of hydrogen-bond donors (Lipinski definition) is 0. The van der Waals surface area contributed by atoms with E-state index in [-0.39, 0.29) is 0 Å². The van der Waals surface area contributed by atoms with Crippen LogP contribution < -0.4 is 0 Å². The van der Waals surface area contributed by atoms with Crippen molar-refractivity contribution in [2.45, 2.75) is 173 Å². The molecule has 2 bridgehead atoms. The van der Waals surface area contributed by atoms with Crippen molar-refractivity contribution in [2.24, 2.45) is 57.7 Å². The summed E-state index contributed by atoms with van der Waals surface area (Å²) in [6, 6.07) is 0. The van der Waals surface area contributed by atoms with Gasteiger partial charge in [0.25, 0.3) is 0 Å². The molecular weight excluding hydrogens is 504 g/mol. The van der Waals surface area contributed by atoms with Gasteiger partial charge in [0, 0.05) is 0 Å². The van der Waals surface area contributed by atoms with Gasteiger partial charge < -0.3 is 0 Å². The largest absolute Gasteiger partial charge is 0.106 e. The predicted molar refractivity (Wildman–Crippen MR) is 195 cm³/mol. The average Bonchev–Trinajstić information content (AvgIpc) is 3.30. The molecule has 4 saturated carbocycles. The topological polar surface area (TPSA) is 0 Å². The first-order valence-electron chi connectivity index (χ1n) is 18.6. The molecule has 9 unspecified atom stereocenters. The van der Waals surface area contributed by atoms with E-state index in [1.165, 1.54) is 94.6 Å². The summed E-state index contributed by atoms with van der Waals surface area (Å²) >= 11 is 0. The van der Waals surface area contributed by atoms with Crippen LogP contribution in [0.3, 0.4) is 0 Å². The standard InChI is InChI=1S/C27H46.C9H18.2C2H6.C2H4/c1-18(2)9-10-19(3)21-11-12-23-24-20(4)25(5)14-8-15-26(6,17-25)22(24)13-16-27(21,23)7;1-5-6-9(4)7-8(2)3;3*1-2/h19-24H,1,8-17H2,2-7H3;8H,4-7H2,1-3H3;2*1-2H3;1-2H2. The van der Waals surface area contributed by atoms with Crippen molar-refractivity contribution < 1.29 is 0 Å². The highest BCUT2D eigenvalue weighted by atomic mass is 14.7. The maximum Gasteiger partial charge on any atom is -0.0264 e. The molecular formula is C42H80.